The van der Waals surface area contributed by atoms with Crippen molar-refractivity contribution in [3.05, 3.63) is 53.6 Å². The normalized spacial score (nSPS) is 14.1. The molecule has 0 radical (unpaired) electrons. The molecule has 1 aliphatic rings. The third-order valence-corrected chi connectivity index (χ3v) is 4.21. The number of rotatable bonds is 5. The molecule has 0 unspecified atom stereocenters. The smallest absolute Gasteiger partial charge is 0.251 e. The lowest BCUT2D eigenvalue weighted by Crippen LogP contribution is -2.32. The van der Waals surface area contributed by atoms with Crippen LogP contribution in [0.4, 0.5) is 0 Å². The fourth-order valence-corrected chi connectivity index (χ4v) is 2.88. The van der Waals surface area contributed by atoms with Crippen LogP contribution in [0.5, 0.6) is 17.2 Å². The molecule has 0 aliphatic carbocycles. The van der Waals surface area contributed by atoms with Gasteiger partial charge >= 0.3 is 0 Å². The quantitative estimate of drug-likeness (QED) is 0.903. The number of hydrogen-bond donors (Lipinski definition) is 1. The van der Waals surface area contributed by atoms with E-state index in [2.05, 4.69) is 19.2 Å². The molecule has 1 heterocycles. The Morgan fingerprint density at radius 2 is 1.84 bits per heavy atom. The predicted octanol–water partition coefficient (Wildman–Crippen LogP) is 3.59. The second-order valence-electron chi connectivity index (χ2n) is 6.33. The van der Waals surface area contributed by atoms with Gasteiger partial charge in [-0.15, -0.1) is 0 Å². The van der Waals surface area contributed by atoms with Crippen molar-refractivity contribution < 1.29 is 19.0 Å². The van der Waals surface area contributed by atoms with Crippen molar-refractivity contribution >= 4 is 5.91 Å². The lowest BCUT2D eigenvalue weighted by molar-refractivity contribution is 0.0925. The molecule has 0 saturated carbocycles. The van der Waals surface area contributed by atoms with E-state index >= 15 is 0 Å². The second-order valence-corrected chi connectivity index (χ2v) is 6.33. The van der Waals surface area contributed by atoms with Crippen molar-refractivity contribution in [1.29, 1.82) is 0 Å². The average Bonchev–Trinajstić information content (AvgIpc) is 2.65. The van der Waals surface area contributed by atoms with E-state index in [1.165, 1.54) is 0 Å². The van der Waals surface area contributed by atoms with Crippen LogP contribution in [0.3, 0.4) is 0 Å². The molecule has 0 bridgehead atoms. The van der Waals surface area contributed by atoms with E-state index in [1.807, 2.05) is 30.3 Å². The molecule has 1 aliphatic heterocycles. The van der Waals surface area contributed by atoms with Crippen molar-refractivity contribution in [1.82, 2.24) is 5.32 Å². The summed E-state index contributed by atoms with van der Waals surface area (Å²) >= 11 is 0. The van der Waals surface area contributed by atoms with Gasteiger partial charge in [-0.25, -0.2) is 0 Å². The highest BCUT2D eigenvalue weighted by atomic mass is 16.6. The van der Waals surface area contributed by atoms with Gasteiger partial charge in [0.1, 0.15) is 19.0 Å². The number of ether oxygens (including phenoxy) is 3. The summed E-state index contributed by atoms with van der Waals surface area (Å²) in [4.78, 5) is 12.7. The number of amides is 1. The van der Waals surface area contributed by atoms with E-state index < -0.39 is 0 Å². The van der Waals surface area contributed by atoms with Gasteiger partial charge in [-0.3, -0.25) is 4.79 Å². The first-order valence-corrected chi connectivity index (χ1v) is 8.43. The zero-order valence-electron chi connectivity index (χ0n) is 14.7. The molecule has 0 spiro atoms. The van der Waals surface area contributed by atoms with Crippen LogP contribution < -0.4 is 19.5 Å². The highest BCUT2D eigenvalue weighted by Gasteiger charge is 2.22. The molecule has 0 saturated heterocycles. The molecular formula is C20H23NO4. The van der Waals surface area contributed by atoms with Gasteiger partial charge < -0.3 is 19.5 Å². The molecule has 0 fully saturated rings. The van der Waals surface area contributed by atoms with Crippen LogP contribution in [0.25, 0.3) is 0 Å². The molecule has 25 heavy (non-hydrogen) atoms. The van der Waals surface area contributed by atoms with Crippen molar-refractivity contribution in [2.45, 2.75) is 19.9 Å². The summed E-state index contributed by atoms with van der Waals surface area (Å²) in [6.45, 7) is 5.26. The average molecular weight is 341 g/mol. The van der Waals surface area contributed by atoms with Crippen LogP contribution in [0.1, 0.15) is 35.8 Å². The fourth-order valence-electron chi connectivity index (χ4n) is 2.88. The summed E-state index contributed by atoms with van der Waals surface area (Å²) in [5.74, 6) is 2.22. The zero-order valence-corrected chi connectivity index (χ0v) is 14.7. The Kier molecular flexibility index (Phi) is 5.12. The van der Waals surface area contributed by atoms with E-state index in [-0.39, 0.29) is 17.9 Å². The lowest BCUT2D eigenvalue weighted by Gasteiger charge is -2.25. The predicted molar refractivity (Wildman–Crippen MR) is 95.5 cm³/mol. The van der Waals surface area contributed by atoms with Crippen molar-refractivity contribution in [2.24, 2.45) is 5.92 Å². The van der Waals surface area contributed by atoms with E-state index in [9.17, 15) is 4.79 Å². The maximum Gasteiger partial charge on any atom is 0.251 e. The number of methoxy groups -OCH3 is 1. The van der Waals surface area contributed by atoms with Gasteiger partial charge in [-0.05, 0) is 41.8 Å². The number of carbonyl (C=O) groups excluding carboxylic acids is 1. The second kappa shape index (κ2) is 7.47. The van der Waals surface area contributed by atoms with Crippen molar-refractivity contribution in [2.75, 3.05) is 20.3 Å². The largest absolute Gasteiger partial charge is 0.497 e. The zero-order chi connectivity index (χ0) is 17.8. The minimum atomic E-state index is -0.132. The minimum Gasteiger partial charge on any atom is -0.497 e. The van der Waals surface area contributed by atoms with Crippen LogP contribution in [-0.2, 0) is 0 Å². The van der Waals surface area contributed by atoms with Crippen LogP contribution in [-0.4, -0.2) is 26.2 Å². The van der Waals surface area contributed by atoms with Crippen LogP contribution in [0.2, 0.25) is 0 Å². The summed E-state index contributed by atoms with van der Waals surface area (Å²) in [6.07, 6.45) is 0. The van der Waals surface area contributed by atoms with Gasteiger partial charge in [0.25, 0.3) is 5.91 Å². The summed E-state index contributed by atoms with van der Waals surface area (Å²) in [5.41, 5.74) is 1.57. The van der Waals surface area contributed by atoms with Gasteiger partial charge in [0, 0.05) is 5.56 Å². The molecule has 3 rings (SSSR count). The molecule has 5 nitrogen and oxygen atoms in total. The first-order valence-electron chi connectivity index (χ1n) is 8.43. The Bertz CT molecular complexity index is 757. The topological polar surface area (TPSA) is 56.8 Å². The van der Waals surface area contributed by atoms with Crippen molar-refractivity contribution in [3.63, 3.8) is 0 Å². The summed E-state index contributed by atoms with van der Waals surface area (Å²) in [6, 6.07) is 12.8. The maximum absolute atomic E-state index is 12.7. The Labute approximate surface area is 147 Å². The van der Waals surface area contributed by atoms with Gasteiger partial charge in [0.2, 0.25) is 0 Å². The Morgan fingerprint density at radius 3 is 2.56 bits per heavy atom. The molecular weight excluding hydrogens is 318 g/mol. The molecule has 2 aromatic carbocycles. The molecule has 5 heteroatoms. The van der Waals surface area contributed by atoms with E-state index in [4.69, 9.17) is 14.2 Å². The fraction of sp³-hybridized carbons (Fsp3) is 0.350. The number of carbonyl (C=O) groups is 1. The third kappa shape index (κ3) is 3.87. The SMILES string of the molecule is COc1cccc(C(=O)N[C@@H](c2ccc3c(c2)OCCO3)C(C)C)c1. The molecule has 1 atom stereocenters. The standard InChI is InChI=1S/C20H23NO4/c1-13(2)19(14-7-8-17-18(12-14)25-10-9-24-17)21-20(22)15-5-4-6-16(11-15)23-3/h4-8,11-13,19H,9-10H2,1-3H3,(H,21,22)/t19-/m1/s1. The highest BCUT2D eigenvalue weighted by molar-refractivity contribution is 5.94. The molecule has 0 aromatic heterocycles. The van der Waals surface area contributed by atoms with Gasteiger partial charge in [-0.2, -0.15) is 0 Å². The number of hydrogen-bond acceptors (Lipinski definition) is 4. The summed E-state index contributed by atoms with van der Waals surface area (Å²) < 4.78 is 16.4. The maximum atomic E-state index is 12.7. The number of fused-ring (bicyclic) bond motifs is 1. The van der Waals surface area contributed by atoms with E-state index in [0.29, 0.717) is 24.5 Å². The Hall–Kier alpha value is -2.69. The molecule has 1 N–H and O–H groups in total. The first-order chi connectivity index (χ1) is 12.1. The van der Waals surface area contributed by atoms with Gasteiger partial charge in [-0.1, -0.05) is 26.0 Å². The van der Waals surface area contributed by atoms with E-state index in [1.54, 1.807) is 19.2 Å². The van der Waals surface area contributed by atoms with Gasteiger partial charge in [0.05, 0.1) is 13.2 Å². The summed E-state index contributed by atoms with van der Waals surface area (Å²) in [5, 5.41) is 3.12. The number of nitrogens with one attached hydrogen (secondary N) is 1. The molecule has 132 valence electrons. The van der Waals surface area contributed by atoms with E-state index in [0.717, 1.165) is 17.1 Å². The first kappa shape index (κ1) is 17.1. The third-order valence-electron chi connectivity index (χ3n) is 4.21. The van der Waals surface area contributed by atoms with Crippen LogP contribution in [0.15, 0.2) is 42.5 Å². The Morgan fingerprint density at radius 1 is 1.08 bits per heavy atom. The molecule has 2 aromatic rings. The highest BCUT2D eigenvalue weighted by Crippen LogP contribution is 2.34. The van der Waals surface area contributed by atoms with Crippen LogP contribution in [0, 0.1) is 5.92 Å². The minimum absolute atomic E-state index is 0.130. The lowest BCUT2D eigenvalue weighted by atomic mass is 9.95. The number of benzene rings is 2. The monoisotopic (exact) mass is 341 g/mol. The Balaban J connectivity index is 1.82. The van der Waals surface area contributed by atoms with Crippen LogP contribution >= 0.6 is 0 Å². The summed E-state index contributed by atoms with van der Waals surface area (Å²) in [7, 11) is 1.59. The van der Waals surface area contributed by atoms with Crippen molar-refractivity contribution in [3.8, 4) is 17.2 Å². The molecule has 1 amide bonds. The van der Waals surface area contributed by atoms with Gasteiger partial charge in [0.15, 0.2) is 11.5 Å².